The Morgan fingerprint density at radius 1 is 1.23 bits per heavy atom. The summed E-state index contributed by atoms with van der Waals surface area (Å²) < 4.78 is 48.9. The van der Waals surface area contributed by atoms with Crippen LogP contribution in [0.1, 0.15) is 5.56 Å². The molecule has 0 heterocycles. The highest BCUT2D eigenvalue weighted by atomic mass is 79.9. The van der Waals surface area contributed by atoms with E-state index in [1.807, 2.05) is 0 Å². The number of alkyl halides is 3. The molecular weight excluding hydrogens is 272 g/mol. The summed E-state index contributed by atoms with van der Waals surface area (Å²) in [7, 11) is 0. The molecule has 0 amide bonds. The van der Waals surface area contributed by atoms with Gasteiger partial charge < -0.3 is 0 Å². The molecule has 0 unspecified atom stereocenters. The van der Waals surface area contributed by atoms with Gasteiger partial charge in [0, 0.05) is 4.90 Å². The zero-order chi connectivity index (χ0) is 10.2. The van der Waals surface area contributed by atoms with Crippen molar-refractivity contribution in [2.75, 3.05) is 0 Å². The van der Waals surface area contributed by atoms with Crippen LogP contribution < -0.4 is 0 Å². The quantitative estimate of drug-likeness (QED) is 0.539. The van der Waals surface area contributed by atoms with Crippen LogP contribution in [0, 0.1) is 5.82 Å². The van der Waals surface area contributed by atoms with Gasteiger partial charge >= 0.3 is 6.18 Å². The molecule has 0 aliphatic rings. The lowest BCUT2D eigenvalue weighted by Gasteiger charge is -2.10. The fourth-order valence-electron chi connectivity index (χ4n) is 0.769. The van der Waals surface area contributed by atoms with E-state index in [1.165, 1.54) is 0 Å². The average molecular weight is 275 g/mol. The highest BCUT2D eigenvalue weighted by Crippen LogP contribution is 2.37. The predicted octanol–water partition coefficient (Wildman–Crippen LogP) is 3.90. The molecule has 1 rings (SSSR count). The number of thiol groups is 1. The summed E-state index contributed by atoms with van der Waals surface area (Å²) in [6, 6.07) is 1.40. The Kier molecular flexibility index (Phi) is 2.91. The number of benzene rings is 1. The van der Waals surface area contributed by atoms with Crippen molar-refractivity contribution in [2.24, 2.45) is 0 Å². The third-order valence-corrected chi connectivity index (χ3v) is 2.92. The normalized spacial score (nSPS) is 11.8. The molecule has 0 atom stereocenters. The van der Waals surface area contributed by atoms with Gasteiger partial charge in [0.1, 0.15) is 5.82 Å². The summed E-state index contributed by atoms with van der Waals surface area (Å²) in [4.78, 5) is -0.437. The van der Waals surface area contributed by atoms with Crippen LogP contribution in [0.15, 0.2) is 21.5 Å². The van der Waals surface area contributed by atoms with Gasteiger partial charge in [0.15, 0.2) is 0 Å². The highest BCUT2D eigenvalue weighted by Gasteiger charge is 2.33. The van der Waals surface area contributed by atoms with Crippen LogP contribution in [0.25, 0.3) is 0 Å². The molecule has 6 heteroatoms. The third kappa shape index (κ3) is 2.17. The Morgan fingerprint density at radius 2 is 1.77 bits per heavy atom. The van der Waals surface area contributed by atoms with Crippen LogP contribution >= 0.6 is 28.6 Å². The Labute approximate surface area is 85.5 Å². The molecule has 0 aliphatic carbocycles. The zero-order valence-electron chi connectivity index (χ0n) is 5.99. The minimum Gasteiger partial charge on any atom is -0.206 e. The molecule has 0 N–H and O–H groups in total. The zero-order valence-corrected chi connectivity index (χ0v) is 8.47. The Hall–Kier alpha value is -0.230. The van der Waals surface area contributed by atoms with E-state index in [-0.39, 0.29) is 4.47 Å². The average Bonchev–Trinajstić information content (AvgIpc) is 1.98. The molecule has 1 aromatic carbocycles. The van der Waals surface area contributed by atoms with Crippen molar-refractivity contribution in [3.05, 3.63) is 28.0 Å². The van der Waals surface area contributed by atoms with E-state index in [0.29, 0.717) is 6.07 Å². The topological polar surface area (TPSA) is 0 Å². The molecule has 0 saturated carbocycles. The van der Waals surface area contributed by atoms with Gasteiger partial charge in [-0.15, -0.1) is 12.6 Å². The van der Waals surface area contributed by atoms with Gasteiger partial charge in [0.05, 0.1) is 10.0 Å². The summed E-state index contributed by atoms with van der Waals surface area (Å²) in [6.45, 7) is 0. The van der Waals surface area contributed by atoms with Crippen molar-refractivity contribution in [3.8, 4) is 0 Å². The largest absolute Gasteiger partial charge is 0.417 e. The lowest BCUT2D eigenvalue weighted by atomic mass is 10.2. The second kappa shape index (κ2) is 3.49. The third-order valence-electron chi connectivity index (χ3n) is 1.37. The van der Waals surface area contributed by atoms with E-state index in [0.717, 1.165) is 6.07 Å². The van der Waals surface area contributed by atoms with Gasteiger partial charge in [-0.3, -0.25) is 0 Å². The van der Waals surface area contributed by atoms with Gasteiger partial charge in [0.2, 0.25) is 0 Å². The van der Waals surface area contributed by atoms with Crippen LogP contribution in [-0.4, -0.2) is 0 Å². The van der Waals surface area contributed by atoms with Crippen molar-refractivity contribution < 1.29 is 17.6 Å². The second-order valence-corrected chi connectivity index (χ2v) is 3.50. The van der Waals surface area contributed by atoms with Crippen LogP contribution in [0.4, 0.5) is 17.6 Å². The molecule has 0 radical (unpaired) electrons. The number of hydrogen-bond acceptors (Lipinski definition) is 1. The van der Waals surface area contributed by atoms with Crippen molar-refractivity contribution in [3.63, 3.8) is 0 Å². The highest BCUT2D eigenvalue weighted by molar-refractivity contribution is 9.10. The first-order valence-electron chi connectivity index (χ1n) is 3.08. The molecular formula is C7H3BrF4S. The van der Waals surface area contributed by atoms with Crippen molar-refractivity contribution in [1.29, 1.82) is 0 Å². The molecule has 0 nitrogen and oxygen atoms in total. The molecule has 0 aromatic heterocycles. The van der Waals surface area contributed by atoms with Gasteiger partial charge in [0.25, 0.3) is 0 Å². The monoisotopic (exact) mass is 274 g/mol. The lowest BCUT2D eigenvalue weighted by Crippen LogP contribution is -2.06. The molecule has 0 fully saturated rings. The summed E-state index contributed by atoms with van der Waals surface area (Å²) in [6.07, 6.45) is -4.51. The summed E-state index contributed by atoms with van der Waals surface area (Å²) in [5, 5.41) is 0. The Morgan fingerprint density at radius 3 is 2.23 bits per heavy atom. The lowest BCUT2D eigenvalue weighted by molar-refractivity contribution is -0.139. The second-order valence-electron chi connectivity index (χ2n) is 2.26. The van der Waals surface area contributed by atoms with Crippen LogP contribution in [0.3, 0.4) is 0 Å². The smallest absolute Gasteiger partial charge is 0.206 e. The minimum atomic E-state index is -4.51. The predicted molar refractivity (Wildman–Crippen MR) is 46.4 cm³/mol. The van der Waals surface area contributed by atoms with E-state index in [9.17, 15) is 17.6 Å². The van der Waals surface area contributed by atoms with Gasteiger partial charge in [-0.1, -0.05) is 0 Å². The molecule has 0 bridgehead atoms. The number of halogens is 5. The Balaban J connectivity index is 3.35. The molecule has 72 valence electrons. The maximum absolute atomic E-state index is 12.7. The number of hydrogen-bond donors (Lipinski definition) is 1. The molecule has 0 saturated heterocycles. The van der Waals surface area contributed by atoms with E-state index in [2.05, 4.69) is 28.6 Å². The van der Waals surface area contributed by atoms with E-state index in [4.69, 9.17) is 0 Å². The van der Waals surface area contributed by atoms with Crippen molar-refractivity contribution >= 4 is 28.6 Å². The molecule has 0 spiro atoms. The fourth-order valence-corrected chi connectivity index (χ4v) is 1.42. The van der Waals surface area contributed by atoms with E-state index in [1.54, 1.807) is 0 Å². The molecule has 0 aliphatic heterocycles. The molecule has 1 aromatic rings. The standard InChI is InChI=1S/C7H3BrF4S/c8-5-4(9)2-1-3(6(5)13)7(10,11)12/h1-2,13H. The van der Waals surface area contributed by atoms with Crippen molar-refractivity contribution in [2.45, 2.75) is 11.1 Å². The summed E-state index contributed by atoms with van der Waals surface area (Å²) >= 11 is 6.24. The van der Waals surface area contributed by atoms with Crippen LogP contribution in [0.2, 0.25) is 0 Å². The van der Waals surface area contributed by atoms with Crippen molar-refractivity contribution in [1.82, 2.24) is 0 Å². The van der Waals surface area contributed by atoms with E-state index < -0.39 is 22.5 Å². The first-order chi connectivity index (χ1) is 5.84. The minimum absolute atomic E-state index is 0.273. The van der Waals surface area contributed by atoms with Gasteiger partial charge in [-0.25, -0.2) is 4.39 Å². The fraction of sp³-hybridized carbons (Fsp3) is 0.143. The summed E-state index contributed by atoms with van der Waals surface area (Å²) in [5.74, 6) is -0.766. The summed E-state index contributed by atoms with van der Waals surface area (Å²) in [5.41, 5.74) is -0.955. The number of rotatable bonds is 0. The van der Waals surface area contributed by atoms with E-state index >= 15 is 0 Å². The first-order valence-corrected chi connectivity index (χ1v) is 4.32. The Bertz CT molecular complexity index is 334. The first kappa shape index (κ1) is 10.8. The van der Waals surface area contributed by atoms with Gasteiger partial charge in [-0.2, -0.15) is 13.2 Å². The van der Waals surface area contributed by atoms with Crippen LogP contribution in [-0.2, 0) is 6.18 Å². The van der Waals surface area contributed by atoms with Crippen LogP contribution in [0.5, 0.6) is 0 Å². The molecule has 13 heavy (non-hydrogen) atoms. The van der Waals surface area contributed by atoms with Gasteiger partial charge in [-0.05, 0) is 28.1 Å². The maximum atomic E-state index is 12.7. The maximum Gasteiger partial charge on any atom is 0.417 e. The SMILES string of the molecule is Fc1ccc(C(F)(F)F)c(S)c1Br.